The molecule has 0 radical (unpaired) electrons. The molecule has 0 fully saturated rings. The van der Waals surface area contributed by atoms with Gasteiger partial charge < -0.3 is 10.3 Å². The Bertz CT molecular complexity index is 561. The van der Waals surface area contributed by atoms with Gasteiger partial charge in [0.2, 0.25) is 5.88 Å². The molecule has 1 aromatic heterocycles. The first-order valence-corrected chi connectivity index (χ1v) is 5.35. The van der Waals surface area contributed by atoms with E-state index >= 15 is 0 Å². The highest BCUT2D eigenvalue weighted by Gasteiger charge is 2.34. The van der Waals surface area contributed by atoms with Crippen LogP contribution in [0.15, 0.2) is 28.8 Å². The molecule has 6 heteroatoms. The van der Waals surface area contributed by atoms with Crippen molar-refractivity contribution >= 4 is 5.88 Å². The summed E-state index contributed by atoms with van der Waals surface area (Å²) in [6.07, 6.45) is -3.98. The topological polar surface area (TPSA) is 52.0 Å². The molecule has 0 atom stereocenters. The zero-order chi connectivity index (χ0) is 13.3. The van der Waals surface area contributed by atoms with Gasteiger partial charge in [0.1, 0.15) is 5.69 Å². The maximum Gasteiger partial charge on any atom is 0.417 e. The highest BCUT2D eigenvalue weighted by molar-refractivity contribution is 5.70. The third-order valence-electron chi connectivity index (χ3n) is 2.66. The van der Waals surface area contributed by atoms with E-state index in [0.717, 1.165) is 6.07 Å². The molecule has 0 saturated carbocycles. The Morgan fingerprint density at radius 1 is 1.28 bits per heavy atom. The quantitative estimate of drug-likeness (QED) is 0.894. The van der Waals surface area contributed by atoms with Crippen LogP contribution in [-0.2, 0) is 12.6 Å². The molecule has 0 aliphatic heterocycles. The summed E-state index contributed by atoms with van der Waals surface area (Å²) in [6.45, 7) is 1.78. The molecule has 2 N–H and O–H groups in total. The predicted molar refractivity (Wildman–Crippen MR) is 60.7 cm³/mol. The summed E-state index contributed by atoms with van der Waals surface area (Å²) in [4.78, 5) is 0. The van der Waals surface area contributed by atoms with Crippen LogP contribution in [0.25, 0.3) is 11.3 Å². The van der Waals surface area contributed by atoms with Gasteiger partial charge in [-0.25, -0.2) is 0 Å². The summed E-state index contributed by atoms with van der Waals surface area (Å²) >= 11 is 0. The fourth-order valence-corrected chi connectivity index (χ4v) is 1.81. The Morgan fingerprint density at radius 2 is 1.94 bits per heavy atom. The molecule has 1 aromatic carbocycles. The monoisotopic (exact) mass is 256 g/mol. The Hall–Kier alpha value is -1.98. The van der Waals surface area contributed by atoms with E-state index < -0.39 is 11.7 Å². The molecule has 3 nitrogen and oxygen atoms in total. The molecule has 1 heterocycles. The number of anilines is 1. The first-order valence-electron chi connectivity index (χ1n) is 5.35. The van der Waals surface area contributed by atoms with Gasteiger partial charge in [-0.15, -0.1) is 0 Å². The predicted octanol–water partition coefficient (Wildman–Crippen LogP) is 3.51. The van der Waals surface area contributed by atoms with Crippen molar-refractivity contribution in [1.29, 1.82) is 0 Å². The van der Waals surface area contributed by atoms with Crippen LogP contribution in [0.5, 0.6) is 0 Å². The van der Waals surface area contributed by atoms with Crippen molar-refractivity contribution in [3.8, 4) is 11.3 Å². The number of alkyl halides is 3. The lowest BCUT2D eigenvalue weighted by molar-refractivity contribution is -0.137. The van der Waals surface area contributed by atoms with Crippen LogP contribution in [0.1, 0.15) is 18.1 Å². The van der Waals surface area contributed by atoms with Gasteiger partial charge >= 0.3 is 6.18 Å². The second kappa shape index (κ2) is 4.36. The zero-order valence-electron chi connectivity index (χ0n) is 9.58. The van der Waals surface area contributed by atoms with Crippen LogP contribution in [0.2, 0.25) is 0 Å². The number of benzene rings is 1. The van der Waals surface area contributed by atoms with Gasteiger partial charge in [0.15, 0.2) is 0 Å². The average Bonchev–Trinajstić information content (AvgIpc) is 2.69. The summed E-state index contributed by atoms with van der Waals surface area (Å²) in [6, 6.07) is 5.23. The number of hydrogen-bond acceptors (Lipinski definition) is 3. The molecule has 2 aromatic rings. The summed E-state index contributed by atoms with van der Waals surface area (Å²) < 4.78 is 43.4. The number of nitrogens with zero attached hydrogens (tertiary/aromatic N) is 1. The summed E-state index contributed by atoms with van der Waals surface area (Å²) in [5, 5.41) is 3.63. The Labute approximate surface area is 101 Å². The summed E-state index contributed by atoms with van der Waals surface area (Å²) in [5.41, 5.74) is 5.43. The van der Waals surface area contributed by atoms with Crippen molar-refractivity contribution in [2.45, 2.75) is 19.5 Å². The lowest BCUT2D eigenvalue weighted by Gasteiger charge is -2.11. The summed E-state index contributed by atoms with van der Waals surface area (Å²) in [7, 11) is 0. The summed E-state index contributed by atoms with van der Waals surface area (Å²) in [5.74, 6) is 0.0597. The molecule has 2 rings (SSSR count). The van der Waals surface area contributed by atoms with Gasteiger partial charge in [0, 0.05) is 11.1 Å². The molecule has 18 heavy (non-hydrogen) atoms. The van der Waals surface area contributed by atoms with E-state index in [-0.39, 0.29) is 17.1 Å². The third kappa shape index (κ3) is 2.05. The number of aromatic nitrogens is 1. The van der Waals surface area contributed by atoms with Crippen molar-refractivity contribution in [2.75, 3.05) is 5.73 Å². The molecule has 96 valence electrons. The largest absolute Gasteiger partial charge is 0.417 e. The average molecular weight is 256 g/mol. The Balaban J connectivity index is 2.64. The minimum Gasteiger partial charge on any atom is -0.367 e. The molecule has 0 amide bonds. The molecule has 0 spiro atoms. The number of halogens is 3. The first kappa shape index (κ1) is 12.5. The molecular weight excluding hydrogens is 245 g/mol. The zero-order valence-corrected chi connectivity index (χ0v) is 9.58. The fourth-order valence-electron chi connectivity index (χ4n) is 1.81. The standard InChI is InChI=1S/C12H11F3N2O/c1-2-7-10(17-18-11(7)16)8-5-3-4-6-9(8)12(13,14)15/h3-6H,2,16H2,1H3. The molecule has 0 saturated heterocycles. The van der Waals surface area contributed by atoms with Crippen molar-refractivity contribution in [2.24, 2.45) is 0 Å². The normalized spacial score (nSPS) is 11.8. The molecule has 0 unspecified atom stereocenters. The van der Waals surface area contributed by atoms with E-state index in [1.807, 2.05) is 0 Å². The van der Waals surface area contributed by atoms with Crippen LogP contribution in [0.3, 0.4) is 0 Å². The SMILES string of the molecule is CCc1c(-c2ccccc2C(F)(F)F)noc1N. The highest BCUT2D eigenvalue weighted by atomic mass is 19.4. The van der Waals surface area contributed by atoms with Crippen molar-refractivity contribution < 1.29 is 17.7 Å². The number of nitrogen functional groups attached to an aromatic ring is 1. The van der Waals surface area contributed by atoms with Gasteiger partial charge in [-0.3, -0.25) is 0 Å². The second-order valence-corrected chi connectivity index (χ2v) is 3.77. The minimum absolute atomic E-state index is 0.0118. The first-order chi connectivity index (χ1) is 8.45. The number of nitrogens with two attached hydrogens (primary N) is 1. The smallest absolute Gasteiger partial charge is 0.367 e. The van der Waals surface area contributed by atoms with E-state index in [1.54, 1.807) is 6.92 Å². The van der Waals surface area contributed by atoms with E-state index in [2.05, 4.69) is 5.16 Å². The van der Waals surface area contributed by atoms with Crippen LogP contribution in [0, 0.1) is 0 Å². The van der Waals surface area contributed by atoms with E-state index in [0.29, 0.717) is 12.0 Å². The lowest BCUT2D eigenvalue weighted by atomic mass is 10.00. The third-order valence-corrected chi connectivity index (χ3v) is 2.66. The van der Waals surface area contributed by atoms with Crippen LogP contribution in [-0.4, -0.2) is 5.16 Å². The van der Waals surface area contributed by atoms with Gasteiger partial charge in [0.05, 0.1) is 5.56 Å². The van der Waals surface area contributed by atoms with E-state index in [9.17, 15) is 13.2 Å². The lowest BCUT2D eigenvalue weighted by Crippen LogP contribution is -2.07. The second-order valence-electron chi connectivity index (χ2n) is 3.77. The molecule has 0 bridgehead atoms. The van der Waals surface area contributed by atoms with Gasteiger partial charge in [0.25, 0.3) is 0 Å². The van der Waals surface area contributed by atoms with Crippen molar-refractivity contribution in [3.63, 3.8) is 0 Å². The van der Waals surface area contributed by atoms with Crippen LogP contribution >= 0.6 is 0 Å². The number of hydrogen-bond donors (Lipinski definition) is 1. The fraction of sp³-hybridized carbons (Fsp3) is 0.250. The molecular formula is C12H11F3N2O. The van der Waals surface area contributed by atoms with E-state index in [1.165, 1.54) is 18.2 Å². The van der Waals surface area contributed by atoms with Crippen molar-refractivity contribution in [3.05, 3.63) is 35.4 Å². The van der Waals surface area contributed by atoms with Crippen molar-refractivity contribution in [1.82, 2.24) is 5.16 Å². The van der Waals surface area contributed by atoms with Gasteiger partial charge in [-0.05, 0) is 12.5 Å². The van der Waals surface area contributed by atoms with Gasteiger partial charge in [-0.2, -0.15) is 13.2 Å². The van der Waals surface area contributed by atoms with Crippen LogP contribution in [0.4, 0.5) is 19.1 Å². The minimum atomic E-state index is -4.44. The Kier molecular flexibility index (Phi) is 3.02. The Morgan fingerprint density at radius 3 is 2.56 bits per heavy atom. The molecule has 0 aliphatic carbocycles. The number of rotatable bonds is 2. The van der Waals surface area contributed by atoms with Crippen LogP contribution < -0.4 is 5.73 Å². The maximum absolute atomic E-state index is 12.9. The van der Waals surface area contributed by atoms with E-state index in [4.69, 9.17) is 10.3 Å². The molecule has 0 aliphatic rings. The highest BCUT2D eigenvalue weighted by Crippen LogP contribution is 2.38. The van der Waals surface area contributed by atoms with Gasteiger partial charge in [-0.1, -0.05) is 30.3 Å². The maximum atomic E-state index is 12.9.